The maximum atomic E-state index is 11.8. The van der Waals surface area contributed by atoms with Crippen LogP contribution in [0.15, 0.2) is 0 Å². The van der Waals surface area contributed by atoms with E-state index in [1.54, 1.807) is 0 Å². The third-order valence-corrected chi connectivity index (χ3v) is 6.43. The Balaban J connectivity index is 4.21. The highest BCUT2D eigenvalue weighted by atomic mass is 31.2. The van der Waals surface area contributed by atoms with Crippen molar-refractivity contribution < 1.29 is 17.9 Å². The molecule has 0 N–H and O–H groups in total. The van der Waals surface area contributed by atoms with E-state index < -0.39 is 16.0 Å². The molecule has 16 heavy (non-hydrogen) atoms. The Bertz CT molecular complexity index is 195. The number of phosphoric ester groups is 1. The summed E-state index contributed by atoms with van der Waals surface area (Å²) in [6.45, 7) is 4.28. The Morgan fingerprint density at radius 3 is 1.75 bits per heavy atom. The van der Waals surface area contributed by atoms with E-state index in [0.29, 0.717) is 0 Å². The second kappa shape index (κ2) is 9.56. The van der Waals surface area contributed by atoms with Crippen LogP contribution in [0.4, 0.5) is 0 Å². The van der Waals surface area contributed by atoms with Gasteiger partial charge in [0.25, 0.3) is 0 Å². The van der Waals surface area contributed by atoms with Gasteiger partial charge < -0.3 is 0 Å². The van der Waals surface area contributed by atoms with Gasteiger partial charge in [-0.25, -0.2) is 4.57 Å². The maximum absolute atomic E-state index is 11.8. The van der Waals surface area contributed by atoms with Crippen LogP contribution in [0.3, 0.4) is 0 Å². The quantitative estimate of drug-likeness (QED) is 0.552. The zero-order valence-corrected chi connectivity index (χ0v) is 12.6. The standard InChI is InChI=1S/C10H24O4P2/c1-5-7-9-15(10-8-6-2)14-16(11,12-3)13-4/h5-10H2,1-4H3. The minimum Gasteiger partial charge on any atom is -0.290 e. The third-order valence-electron chi connectivity index (χ3n) is 2.18. The summed E-state index contributed by atoms with van der Waals surface area (Å²) >= 11 is 0. The molecule has 0 rings (SSSR count). The summed E-state index contributed by atoms with van der Waals surface area (Å²) in [4.78, 5) is 0. The highest BCUT2D eigenvalue weighted by molar-refractivity contribution is 7.64. The monoisotopic (exact) mass is 270 g/mol. The lowest BCUT2D eigenvalue weighted by molar-refractivity contribution is 0.217. The first-order valence-electron chi connectivity index (χ1n) is 5.78. The van der Waals surface area contributed by atoms with Crippen LogP contribution in [-0.2, 0) is 17.9 Å². The van der Waals surface area contributed by atoms with Crippen molar-refractivity contribution in [3.63, 3.8) is 0 Å². The fraction of sp³-hybridized carbons (Fsp3) is 1.00. The Morgan fingerprint density at radius 1 is 1.00 bits per heavy atom. The van der Waals surface area contributed by atoms with E-state index in [1.807, 2.05) is 0 Å². The molecule has 0 spiro atoms. The number of hydrogen-bond acceptors (Lipinski definition) is 4. The molecule has 0 aliphatic rings. The molecule has 0 aliphatic heterocycles. The SMILES string of the molecule is CCCCP(CCCC)OP(=O)(OC)OC. The highest BCUT2D eigenvalue weighted by Crippen LogP contribution is 2.60. The maximum Gasteiger partial charge on any atom is 0.477 e. The van der Waals surface area contributed by atoms with Gasteiger partial charge in [0, 0.05) is 22.4 Å². The molecule has 0 aromatic heterocycles. The average Bonchev–Trinajstić information content (AvgIpc) is 2.32. The highest BCUT2D eigenvalue weighted by Gasteiger charge is 2.27. The van der Waals surface area contributed by atoms with Crippen LogP contribution in [-0.4, -0.2) is 26.5 Å². The number of rotatable bonds is 10. The predicted octanol–water partition coefficient (Wildman–Crippen LogP) is 4.40. The smallest absolute Gasteiger partial charge is 0.290 e. The van der Waals surface area contributed by atoms with Gasteiger partial charge in [0.1, 0.15) is 0 Å². The first-order chi connectivity index (χ1) is 7.61. The molecule has 0 aromatic carbocycles. The van der Waals surface area contributed by atoms with E-state index in [2.05, 4.69) is 13.8 Å². The number of phosphoric acid groups is 1. The molecule has 6 heteroatoms. The molecule has 0 unspecified atom stereocenters. The fourth-order valence-corrected chi connectivity index (χ4v) is 5.17. The molecule has 0 atom stereocenters. The molecule has 0 bridgehead atoms. The summed E-state index contributed by atoms with van der Waals surface area (Å²) in [5.41, 5.74) is 0. The van der Waals surface area contributed by atoms with Crippen LogP contribution in [0.1, 0.15) is 39.5 Å². The summed E-state index contributed by atoms with van der Waals surface area (Å²) in [6, 6.07) is 0. The van der Waals surface area contributed by atoms with Gasteiger partial charge >= 0.3 is 7.82 Å². The number of hydrogen-bond donors (Lipinski definition) is 0. The molecule has 0 radical (unpaired) electrons. The van der Waals surface area contributed by atoms with Crippen molar-refractivity contribution >= 4 is 16.0 Å². The van der Waals surface area contributed by atoms with Crippen LogP contribution < -0.4 is 0 Å². The lowest BCUT2D eigenvalue weighted by Crippen LogP contribution is -1.97. The van der Waals surface area contributed by atoms with E-state index in [0.717, 1.165) is 38.0 Å². The zero-order valence-electron chi connectivity index (χ0n) is 10.8. The molecule has 4 nitrogen and oxygen atoms in total. The van der Waals surface area contributed by atoms with Gasteiger partial charge in [-0.05, 0) is 25.2 Å². The van der Waals surface area contributed by atoms with Crippen LogP contribution in [0.25, 0.3) is 0 Å². The van der Waals surface area contributed by atoms with Gasteiger partial charge in [-0.2, -0.15) is 0 Å². The van der Waals surface area contributed by atoms with Crippen molar-refractivity contribution in [3.8, 4) is 0 Å². The van der Waals surface area contributed by atoms with Crippen molar-refractivity contribution in [1.29, 1.82) is 0 Å². The summed E-state index contributed by atoms with van der Waals surface area (Å²) in [6.07, 6.45) is 6.40. The molecule has 0 heterocycles. The Kier molecular flexibility index (Phi) is 9.88. The second-order valence-electron chi connectivity index (χ2n) is 3.53. The summed E-state index contributed by atoms with van der Waals surface area (Å²) in [5.74, 6) is 0. The normalized spacial score (nSPS) is 12.3. The van der Waals surface area contributed by atoms with Crippen molar-refractivity contribution in [2.24, 2.45) is 0 Å². The van der Waals surface area contributed by atoms with Gasteiger partial charge in [0.05, 0.1) is 0 Å². The van der Waals surface area contributed by atoms with E-state index in [4.69, 9.17) is 13.4 Å². The van der Waals surface area contributed by atoms with Crippen LogP contribution in [0, 0.1) is 0 Å². The topological polar surface area (TPSA) is 44.8 Å². The van der Waals surface area contributed by atoms with Crippen LogP contribution in [0.5, 0.6) is 0 Å². The molecular weight excluding hydrogens is 246 g/mol. The van der Waals surface area contributed by atoms with E-state index >= 15 is 0 Å². The summed E-state index contributed by atoms with van der Waals surface area (Å²) in [5, 5.41) is 0. The van der Waals surface area contributed by atoms with Crippen LogP contribution in [0.2, 0.25) is 0 Å². The Morgan fingerprint density at radius 2 is 1.44 bits per heavy atom. The molecule has 98 valence electrons. The largest absolute Gasteiger partial charge is 0.477 e. The molecule has 0 amide bonds. The molecule has 0 aliphatic carbocycles. The van der Waals surface area contributed by atoms with Gasteiger partial charge in [-0.1, -0.05) is 26.7 Å². The van der Waals surface area contributed by atoms with Gasteiger partial charge in [0.2, 0.25) is 0 Å². The minimum atomic E-state index is -3.29. The average molecular weight is 270 g/mol. The molecule has 0 saturated carbocycles. The van der Waals surface area contributed by atoms with Gasteiger partial charge in [-0.3, -0.25) is 13.4 Å². The van der Waals surface area contributed by atoms with Crippen molar-refractivity contribution in [1.82, 2.24) is 0 Å². The van der Waals surface area contributed by atoms with Crippen molar-refractivity contribution in [2.75, 3.05) is 26.5 Å². The van der Waals surface area contributed by atoms with Crippen LogP contribution >= 0.6 is 16.0 Å². The molecule has 0 aromatic rings. The zero-order chi connectivity index (χ0) is 12.4. The Labute approximate surface area is 101 Å². The lowest BCUT2D eigenvalue weighted by atomic mass is 10.4. The molecular formula is C10H24O4P2. The molecule has 0 fully saturated rings. The first-order valence-corrected chi connectivity index (χ1v) is 8.87. The van der Waals surface area contributed by atoms with Gasteiger partial charge in [0.15, 0.2) is 0 Å². The summed E-state index contributed by atoms with van der Waals surface area (Å²) < 4.78 is 27.0. The van der Waals surface area contributed by atoms with E-state index in [9.17, 15) is 4.57 Å². The predicted molar refractivity (Wildman–Crippen MR) is 69.2 cm³/mol. The number of unbranched alkanes of at least 4 members (excludes halogenated alkanes) is 2. The third kappa shape index (κ3) is 6.98. The molecule has 0 saturated heterocycles. The second-order valence-corrected chi connectivity index (χ2v) is 7.67. The fourth-order valence-electron chi connectivity index (χ4n) is 1.15. The van der Waals surface area contributed by atoms with Crippen molar-refractivity contribution in [2.45, 2.75) is 39.5 Å². The lowest BCUT2D eigenvalue weighted by Gasteiger charge is -2.21. The first kappa shape index (κ1) is 16.5. The van der Waals surface area contributed by atoms with Crippen molar-refractivity contribution in [3.05, 3.63) is 0 Å². The van der Waals surface area contributed by atoms with E-state index in [-0.39, 0.29) is 0 Å². The van der Waals surface area contributed by atoms with Gasteiger partial charge in [-0.15, -0.1) is 0 Å². The Hall–Kier alpha value is 0.540. The summed E-state index contributed by atoms with van der Waals surface area (Å²) in [7, 11) is -1.26. The minimum absolute atomic E-state index is 0.685. The van der Waals surface area contributed by atoms with E-state index in [1.165, 1.54) is 14.2 Å².